The van der Waals surface area contributed by atoms with E-state index in [1.807, 2.05) is 16.7 Å². The van der Waals surface area contributed by atoms with Gasteiger partial charge in [-0.05, 0) is 55.2 Å². The summed E-state index contributed by atoms with van der Waals surface area (Å²) in [5.74, 6) is 1.06. The van der Waals surface area contributed by atoms with Crippen molar-refractivity contribution >= 4 is 17.7 Å². The van der Waals surface area contributed by atoms with E-state index >= 15 is 0 Å². The number of hydrogen-bond acceptors (Lipinski definition) is 5. The van der Waals surface area contributed by atoms with Crippen LogP contribution >= 0.6 is 11.8 Å². The Kier molecular flexibility index (Phi) is 6.42. The molecule has 156 valence electrons. The molecule has 1 N–H and O–H groups in total. The Morgan fingerprint density at radius 1 is 1.13 bits per heavy atom. The van der Waals surface area contributed by atoms with Crippen molar-refractivity contribution in [2.45, 2.75) is 43.8 Å². The van der Waals surface area contributed by atoms with E-state index in [0.29, 0.717) is 16.9 Å². The Balaban J connectivity index is 1.55. The van der Waals surface area contributed by atoms with Crippen molar-refractivity contribution < 1.29 is 9.18 Å². The molecule has 1 saturated carbocycles. The van der Waals surface area contributed by atoms with E-state index in [9.17, 15) is 9.18 Å². The lowest BCUT2D eigenvalue weighted by molar-refractivity contribution is -0.119. The first-order valence-corrected chi connectivity index (χ1v) is 11.1. The van der Waals surface area contributed by atoms with Gasteiger partial charge in [-0.15, -0.1) is 10.2 Å². The number of pyridine rings is 1. The molecule has 1 amide bonds. The average molecular weight is 426 g/mol. The smallest absolute Gasteiger partial charge is 0.230 e. The summed E-state index contributed by atoms with van der Waals surface area (Å²) in [5, 5.41) is 12.4. The monoisotopic (exact) mass is 425 g/mol. The number of amides is 1. The molecule has 0 aliphatic heterocycles. The largest absolute Gasteiger partial charge is 0.352 e. The fourth-order valence-corrected chi connectivity index (χ4v) is 4.55. The molecule has 0 radical (unpaired) electrons. The van der Waals surface area contributed by atoms with Gasteiger partial charge in [0, 0.05) is 29.7 Å². The number of carbonyl (C=O) groups excluding carboxylic acids is 1. The summed E-state index contributed by atoms with van der Waals surface area (Å²) in [7, 11) is 0. The molecule has 0 spiro atoms. The SMILES string of the molecule is C[C@@H]1CCCC[C@@H]1NC(=O)CSc1nnc(-c2ccncc2)n1-c1ccc(F)cc1. The van der Waals surface area contributed by atoms with E-state index in [1.54, 1.807) is 24.5 Å². The summed E-state index contributed by atoms with van der Waals surface area (Å²) in [6, 6.07) is 10.1. The molecule has 0 saturated heterocycles. The highest BCUT2D eigenvalue weighted by molar-refractivity contribution is 7.99. The summed E-state index contributed by atoms with van der Waals surface area (Å²) in [6.45, 7) is 2.20. The molecule has 1 aliphatic rings. The standard InChI is InChI=1S/C22H24FN5OS/c1-15-4-2-3-5-19(15)25-20(29)14-30-22-27-26-21(16-10-12-24-13-11-16)28(22)18-8-6-17(23)7-9-18/h6-13,15,19H,2-5,14H2,1H3,(H,25,29)/t15-,19+/m1/s1. The van der Waals surface area contributed by atoms with Crippen LogP contribution in [0.5, 0.6) is 0 Å². The van der Waals surface area contributed by atoms with Gasteiger partial charge in [0.05, 0.1) is 5.75 Å². The minimum Gasteiger partial charge on any atom is -0.352 e. The van der Waals surface area contributed by atoms with Gasteiger partial charge < -0.3 is 5.32 Å². The molecule has 1 fully saturated rings. The zero-order valence-corrected chi connectivity index (χ0v) is 17.6. The molecule has 2 heterocycles. The molecule has 1 aliphatic carbocycles. The summed E-state index contributed by atoms with van der Waals surface area (Å²) >= 11 is 1.33. The highest BCUT2D eigenvalue weighted by atomic mass is 32.2. The fourth-order valence-electron chi connectivity index (χ4n) is 3.78. The third-order valence-corrected chi connectivity index (χ3v) is 6.38. The van der Waals surface area contributed by atoms with Gasteiger partial charge in [-0.2, -0.15) is 0 Å². The minimum absolute atomic E-state index is 0.00197. The normalized spacial score (nSPS) is 18.9. The van der Waals surface area contributed by atoms with Crippen LogP contribution in [0.15, 0.2) is 53.9 Å². The van der Waals surface area contributed by atoms with Gasteiger partial charge in [0.15, 0.2) is 11.0 Å². The summed E-state index contributed by atoms with van der Waals surface area (Å²) in [6.07, 6.45) is 7.97. The number of aromatic nitrogens is 4. The molecule has 30 heavy (non-hydrogen) atoms. The lowest BCUT2D eigenvalue weighted by atomic mass is 9.86. The number of halogens is 1. The predicted octanol–water partition coefficient (Wildman–Crippen LogP) is 4.26. The summed E-state index contributed by atoms with van der Waals surface area (Å²) in [5.41, 5.74) is 1.58. The first kappa shape index (κ1) is 20.5. The topological polar surface area (TPSA) is 72.7 Å². The van der Waals surface area contributed by atoms with Crippen LogP contribution in [-0.4, -0.2) is 37.5 Å². The van der Waals surface area contributed by atoms with Crippen LogP contribution in [0, 0.1) is 11.7 Å². The minimum atomic E-state index is -0.313. The number of carbonyl (C=O) groups is 1. The van der Waals surface area contributed by atoms with Crippen molar-refractivity contribution in [3.63, 3.8) is 0 Å². The maximum Gasteiger partial charge on any atom is 0.230 e. The van der Waals surface area contributed by atoms with E-state index in [2.05, 4.69) is 27.4 Å². The van der Waals surface area contributed by atoms with E-state index < -0.39 is 0 Å². The fraction of sp³-hybridized carbons (Fsp3) is 0.364. The number of nitrogens with one attached hydrogen (secondary N) is 1. The number of rotatable bonds is 6. The second-order valence-electron chi connectivity index (χ2n) is 7.58. The Morgan fingerprint density at radius 3 is 2.60 bits per heavy atom. The molecule has 6 nitrogen and oxygen atoms in total. The van der Waals surface area contributed by atoms with Crippen LogP contribution < -0.4 is 5.32 Å². The van der Waals surface area contributed by atoms with Gasteiger partial charge in [0.25, 0.3) is 0 Å². The van der Waals surface area contributed by atoms with Crippen LogP contribution in [0.4, 0.5) is 4.39 Å². The van der Waals surface area contributed by atoms with Crippen molar-refractivity contribution in [2.24, 2.45) is 5.92 Å². The van der Waals surface area contributed by atoms with Gasteiger partial charge >= 0.3 is 0 Å². The molecule has 0 bridgehead atoms. The van der Waals surface area contributed by atoms with Crippen LogP contribution in [-0.2, 0) is 4.79 Å². The van der Waals surface area contributed by atoms with Crippen molar-refractivity contribution in [3.05, 3.63) is 54.6 Å². The third-order valence-electron chi connectivity index (χ3n) is 5.45. The van der Waals surface area contributed by atoms with Gasteiger partial charge in [0.2, 0.25) is 5.91 Å². The lowest BCUT2D eigenvalue weighted by Crippen LogP contribution is -2.41. The average Bonchev–Trinajstić information content (AvgIpc) is 3.19. The molecule has 2 aromatic heterocycles. The third kappa shape index (κ3) is 4.70. The van der Waals surface area contributed by atoms with Crippen molar-refractivity contribution in [1.82, 2.24) is 25.1 Å². The predicted molar refractivity (Wildman–Crippen MR) is 115 cm³/mol. The van der Waals surface area contributed by atoms with Crippen LogP contribution in [0.1, 0.15) is 32.6 Å². The van der Waals surface area contributed by atoms with Crippen LogP contribution in [0.25, 0.3) is 17.1 Å². The number of nitrogens with zero attached hydrogens (tertiary/aromatic N) is 4. The summed E-state index contributed by atoms with van der Waals surface area (Å²) < 4.78 is 15.3. The van der Waals surface area contributed by atoms with Crippen molar-refractivity contribution in [3.8, 4) is 17.1 Å². The molecule has 4 rings (SSSR count). The maximum absolute atomic E-state index is 13.5. The van der Waals surface area contributed by atoms with Crippen molar-refractivity contribution in [1.29, 1.82) is 0 Å². The zero-order valence-electron chi connectivity index (χ0n) is 16.8. The summed E-state index contributed by atoms with van der Waals surface area (Å²) in [4.78, 5) is 16.6. The van der Waals surface area contributed by atoms with E-state index in [-0.39, 0.29) is 23.5 Å². The van der Waals surface area contributed by atoms with Crippen molar-refractivity contribution in [2.75, 3.05) is 5.75 Å². The Morgan fingerprint density at radius 2 is 1.87 bits per heavy atom. The first-order chi connectivity index (χ1) is 14.6. The second-order valence-corrected chi connectivity index (χ2v) is 8.52. The molecule has 2 atom stereocenters. The van der Waals surface area contributed by atoms with E-state index in [0.717, 1.165) is 30.5 Å². The van der Waals surface area contributed by atoms with Crippen LogP contribution in [0.2, 0.25) is 0 Å². The van der Waals surface area contributed by atoms with Gasteiger partial charge in [-0.25, -0.2) is 4.39 Å². The van der Waals surface area contributed by atoms with Gasteiger partial charge in [0.1, 0.15) is 5.82 Å². The molecular weight excluding hydrogens is 401 g/mol. The molecule has 8 heteroatoms. The maximum atomic E-state index is 13.5. The number of thioether (sulfide) groups is 1. The Hall–Kier alpha value is -2.74. The Bertz CT molecular complexity index is 993. The second kappa shape index (κ2) is 9.38. The lowest BCUT2D eigenvalue weighted by Gasteiger charge is -2.29. The van der Waals surface area contributed by atoms with E-state index in [4.69, 9.17) is 0 Å². The number of hydrogen-bond donors (Lipinski definition) is 1. The van der Waals surface area contributed by atoms with E-state index in [1.165, 1.54) is 30.3 Å². The quantitative estimate of drug-likeness (QED) is 0.598. The highest BCUT2D eigenvalue weighted by Crippen LogP contribution is 2.28. The van der Waals surface area contributed by atoms with Gasteiger partial charge in [-0.3, -0.25) is 14.3 Å². The highest BCUT2D eigenvalue weighted by Gasteiger charge is 2.23. The molecular formula is C22H24FN5OS. The van der Waals surface area contributed by atoms with Gasteiger partial charge in [-0.1, -0.05) is 31.5 Å². The zero-order chi connectivity index (χ0) is 20.9. The molecule has 3 aromatic rings. The Labute approximate surface area is 179 Å². The molecule has 1 aromatic carbocycles. The first-order valence-electron chi connectivity index (χ1n) is 10.2. The number of benzene rings is 1. The van der Waals surface area contributed by atoms with Crippen LogP contribution in [0.3, 0.4) is 0 Å². The molecule has 0 unspecified atom stereocenters.